The molecule has 4 rings (SSSR count). The van der Waals surface area contributed by atoms with Crippen LogP contribution in [-0.2, 0) is 20.8 Å². The van der Waals surface area contributed by atoms with E-state index < -0.39 is 30.6 Å². The van der Waals surface area contributed by atoms with Crippen LogP contribution in [0.1, 0.15) is 42.4 Å². The smallest absolute Gasteiger partial charge is 0.359 e. The average molecular weight is 491 g/mol. The van der Waals surface area contributed by atoms with Gasteiger partial charge in [-0.05, 0) is 25.0 Å². The van der Waals surface area contributed by atoms with E-state index in [-0.39, 0.29) is 29.1 Å². The van der Waals surface area contributed by atoms with Crippen molar-refractivity contribution < 1.29 is 23.9 Å². The minimum Gasteiger partial charge on any atom is -0.463 e. The summed E-state index contributed by atoms with van der Waals surface area (Å²) in [6, 6.07) is 14.2. The summed E-state index contributed by atoms with van der Waals surface area (Å²) < 4.78 is 12.0. The van der Waals surface area contributed by atoms with Gasteiger partial charge in [-0.2, -0.15) is 5.10 Å². The van der Waals surface area contributed by atoms with E-state index in [9.17, 15) is 19.2 Å². The van der Waals surface area contributed by atoms with Crippen LogP contribution in [0.5, 0.6) is 0 Å². The third-order valence-corrected chi connectivity index (χ3v) is 5.63. The summed E-state index contributed by atoms with van der Waals surface area (Å²) >= 11 is 0. The second-order valence-electron chi connectivity index (χ2n) is 8.05. The molecule has 0 saturated heterocycles. The van der Waals surface area contributed by atoms with Gasteiger partial charge in [-0.25, -0.2) is 19.1 Å². The molecule has 10 nitrogen and oxygen atoms in total. The summed E-state index contributed by atoms with van der Waals surface area (Å²) in [6.07, 6.45) is 0.648. The molecule has 1 aliphatic rings. The number of carbonyl (C=O) groups is 3. The third kappa shape index (κ3) is 4.97. The summed E-state index contributed by atoms with van der Waals surface area (Å²) in [7, 11) is 0. The number of hydrogen-bond acceptors (Lipinski definition) is 7. The van der Waals surface area contributed by atoms with Gasteiger partial charge in [0.05, 0.1) is 29.3 Å². The Morgan fingerprint density at radius 2 is 1.64 bits per heavy atom. The lowest BCUT2D eigenvalue weighted by atomic mass is 9.95. The van der Waals surface area contributed by atoms with Crippen LogP contribution in [0.3, 0.4) is 0 Å². The minimum atomic E-state index is -0.796. The summed E-state index contributed by atoms with van der Waals surface area (Å²) in [4.78, 5) is 51.2. The Morgan fingerprint density at radius 3 is 2.33 bits per heavy atom. The van der Waals surface area contributed by atoms with Gasteiger partial charge < -0.3 is 20.1 Å². The van der Waals surface area contributed by atoms with Crippen molar-refractivity contribution in [2.45, 2.75) is 32.9 Å². The Labute approximate surface area is 206 Å². The first-order valence-electron chi connectivity index (χ1n) is 11.6. The van der Waals surface area contributed by atoms with Crippen LogP contribution in [0, 0.1) is 0 Å². The summed E-state index contributed by atoms with van der Waals surface area (Å²) in [5.74, 6) is -1.44. The van der Waals surface area contributed by atoms with E-state index in [1.165, 1.54) is 4.68 Å². The highest BCUT2D eigenvalue weighted by atomic mass is 16.5. The number of aromatic nitrogens is 2. The molecule has 186 valence electrons. The lowest BCUT2D eigenvalue weighted by Gasteiger charge is -2.29. The van der Waals surface area contributed by atoms with Gasteiger partial charge in [-0.3, -0.25) is 4.79 Å². The topological polar surface area (TPSA) is 129 Å². The highest BCUT2D eigenvalue weighted by Gasteiger charge is 2.34. The van der Waals surface area contributed by atoms with Crippen LogP contribution in [0.25, 0.3) is 10.8 Å². The Hall–Kier alpha value is -4.47. The van der Waals surface area contributed by atoms with Crippen molar-refractivity contribution in [3.8, 4) is 0 Å². The SMILES string of the molecule is CCCn1nc(C(=O)OCC2=C(C(=O)OCC)[C@@H](c3ccccc3)NC(=O)N2)c2ccccc2c1=O. The molecule has 1 aromatic heterocycles. The number of nitrogens with one attached hydrogen (secondary N) is 2. The first kappa shape index (κ1) is 24.6. The molecule has 1 atom stereocenters. The number of rotatable bonds is 8. The van der Waals surface area contributed by atoms with E-state index in [1.807, 2.05) is 13.0 Å². The molecule has 3 aromatic rings. The molecule has 0 unspecified atom stereocenters. The Kier molecular flexibility index (Phi) is 7.43. The fourth-order valence-electron chi connectivity index (χ4n) is 4.03. The van der Waals surface area contributed by atoms with Gasteiger partial charge in [-0.1, -0.05) is 55.5 Å². The molecule has 2 heterocycles. The number of hydrogen-bond donors (Lipinski definition) is 2. The second-order valence-corrected chi connectivity index (χ2v) is 8.05. The molecule has 1 aliphatic heterocycles. The number of benzene rings is 2. The fourth-order valence-corrected chi connectivity index (χ4v) is 4.03. The Bertz CT molecular complexity index is 1400. The van der Waals surface area contributed by atoms with Gasteiger partial charge in [0, 0.05) is 11.9 Å². The number of carbonyl (C=O) groups excluding carboxylic acids is 3. The van der Waals surface area contributed by atoms with Gasteiger partial charge in [0.15, 0.2) is 5.69 Å². The van der Waals surface area contributed by atoms with Gasteiger partial charge in [0.1, 0.15) is 6.61 Å². The molecular weight excluding hydrogens is 464 g/mol. The predicted molar refractivity (Wildman–Crippen MR) is 131 cm³/mol. The molecule has 0 fully saturated rings. The normalized spacial score (nSPS) is 15.3. The van der Waals surface area contributed by atoms with E-state index in [1.54, 1.807) is 55.5 Å². The summed E-state index contributed by atoms with van der Waals surface area (Å²) in [5.41, 5.74) is 0.567. The molecule has 0 bridgehead atoms. The largest absolute Gasteiger partial charge is 0.463 e. The maximum absolute atomic E-state index is 13.1. The molecule has 0 radical (unpaired) electrons. The average Bonchev–Trinajstić information content (AvgIpc) is 2.89. The van der Waals surface area contributed by atoms with Crippen molar-refractivity contribution in [2.75, 3.05) is 13.2 Å². The maximum Gasteiger partial charge on any atom is 0.359 e. The van der Waals surface area contributed by atoms with Crippen molar-refractivity contribution in [2.24, 2.45) is 0 Å². The van der Waals surface area contributed by atoms with Crippen LogP contribution in [0.4, 0.5) is 4.79 Å². The summed E-state index contributed by atoms with van der Waals surface area (Å²) in [6.45, 7) is 3.62. The van der Waals surface area contributed by atoms with Crippen molar-refractivity contribution >= 4 is 28.7 Å². The van der Waals surface area contributed by atoms with Crippen LogP contribution in [0.2, 0.25) is 0 Å². The molecular formula is C26H26N4O6. The maximum atomic E-state index is 13.1. The first-order chi connectivity index (χ1) is 17.4. The van der Waals surface area contributed by atoms with Crippen molar-refractivity contribution in [1.82, 2.24) is 20.4 Å². The molecule has 2 N–H and O–H groups in total. The number of fused-ring (bicyclic) bond motifs is 1. The number of aryl methyl sites for hydroxylation is 1. The standard InChI is InChI=1S/C26H26N4O6/c1-3-14-30-23(31)18-13-9-8-12-17(18)22(29-30)25(33)36-15-19-20(24(32)35-4-2)21(28-26(34)27-19)16-10-6-5-7-11-16/h5-13,21H,3-4,14-15H2,1-2H3,(H2,27,28,34)/t21-/m1/s1. The zero-order valence-corrected chi connectivity index (χ0v) is 19.9. The molecule has 0 aliphatic carbocycles. The molecule has 0 saturated carbocycles. The number of amides is 2. The molecule has 2 amide bonds. The highest BCUT2D eigenvalue weighted by Crippen LogP contribution is 2.28. The quantitative estimate of drug-likeness (QED) is 0.465. The second kappa shape index (κ2) is 10.9. The van der Waals surface area contributed by atoms with Crippen molar-refractivity contribution in [3.63, 3.8) is 0 Å². The van der Waals surface area contributed by atoms with E-state index in [0.29, 0.717) is 29.3 Å². The van der Waals surface area contributed by atoms with E-state index in [0.717, 1.165) is 0 Å². The molecule has 2 aromatic carbocycles. The van der Waals surface area contributed by atoms with Crippen LogP contribution in [-0.4, -0.2) is 41.0 Å². The predicted octanol–water partition coefficient (Wildman–Crippen LogP) is 2.83. The summed E-state index contributed by atoms with van der Waals surface area (Å²) in [5, 5.41) is 10.2. The lowest BCUT2D eigenvalue weighted by molar-refractivity contribution is -0.139. The van der Waals surface area contributed by atoms with Gasteiger partial charge in [0.25, 0.3) is 5.56 Å². The zero-order valence-electron chi connectivity index (χ0n) is 19.9. The van der Waals surface area contributed by atoms with Crippen LogP contribution < -0.4 is 16.2 Å². The van der Waals surface area contributed by atoms with Crippen LogP contribution in [0.15, 0.2) is 70.7 Å². The van der Waals surface area contributed by atoms with Crippen molar-refractivity contribution in [1.29, 1.82) is 0 Å². The number of esters is 2. The third-order valence-electron chi connectivity index (χ3n) is 5.63. The minimum absolute atomic E-state index is 0.0307. The fraction of sp³-hybridized carbons (Fsp3) is 0.269. The molecule has 10 heteroatoms. The van der Waals surface area contributed by atoms with Crippen molar-refractivity contribution in [3.05, 3.63) is 87.5 Å². The van der Waals surface area contributed by atoms with E-state index in [2.05, 4.69) is 15.7 Å². The van der Waals surface area contributed by atoms with E-state index >= 15 is 0 Å². The van der Waals surface area contributed by atoms with E-state index in [4.69, 9.17) is 9.47 Å². The Balaban J connectivity index is 1.70. The van der Waals surface area contributed by atoms with Gasteiger partial charge in [-0.15, -0.1) is 0 Å². The number of ether oxygens (including phenoxy) is 2. The zero-order chi connectivity index (χ0) is 25.7. The Morgan fingerprint density at radius 1 is 0.944 bits per heavy atom. The molecule has 0 spiro atoms. The number of nitrogens with zero attached hydrogens (tertiary/aromatic N) is 2. The van der Waals surface area contributed by atoms with Gasteiger partial charge in [0.2, 0.25) is 0 Å². The lowest BCUT2D eigenvalue weighted by Crippen LogP contribution is -2.47. The van der Waals surface area contributed by atoms with Gasteiger partial charge >= 0.3 is 18.0 Å². The van der Waals surface area contributed by atoms with Crippen LogP contribution >= 0.6 is 0 Å². The monoisotopic (exact) mass is 490 g/mol. The first-order valence-corrected chi connectivity index (χ1v) is 11.6. The molecule has 36 heavy (non-hydrogen) atoms. The highest BCUT2D eigenvalue weighted by molar-refractivity contribution is 6.02. The number of urea groups is 1.